The van der Waals surface area contributed by atoms with E-state index >= 15 is 0 Å². The maximum absolute atomic E-state index is 11.7. The van der Waals surface area contributed by atoms with Gasteiger partial charge in [0.25, 0.3) is 11.8 Å². The number of imide groups is 1. The molecule has 0 N–H and O–H groups in total. The average molecular weight is 326 g/mol. The minimum Gasteiger partial charge on any atom is -0.362 e. The summed E-state index contributed by atoms with van der Waals surface area (Å²) in [4.78, 5) is 35.0. The number of amides is 2. The van der Waals surface area contributed by atoms with Crippen molar-refractivity contribution in [3.63, 3.8) is 0 Å². The van der Waals surface area contributed by atoms with Gasteiger partial charge in [-0.15, -0.1) is 11.3 Å². The Morgan fingerprint density at radius 3 is 2.57 bits per heavy atom. The number of aryl methyl sites for hydroxylation is 2. The zero-order chi connectivity index (χ0) is 15.1. The molecule has 0 spiro atoms. The lowest BCUT2D eigenvalue weighted by atomic mass is 10.2. The third-order valence-corrected chi connectivity index (χ3v) is 4.76. The number of nitrogens with zero attached hydrogens (tertiary/aromatic N) is 3. The smallest absolute Gasteiger partial charge is 0.255 e. The molecule has 110 valence electrons. The summed E-state index contributed by atoms with van der Waals surface area (Å²) < 4.78 is 4.87. The number of fused-ring (bicyclic) bond motifs is 1. The summed E-state index contributed by atoms with van der Waals surface area (Å²) in [6, 6.07) is 0. The van der Waals surface area contributed by atoms with E-state index in [1.807, 2.05) is 13.8 Å². The molecule has 1 saturated heterocycles. The molecule has 1 aliphatic rings. The lowest BCUT2D eigenvalue weighted by Crippen LogP contribution is -2.45. The van der Waals surface area contributed by atoms with Gasteiger partial charge in [-0.2, -0.15) is 0 Å². The van der Waals surface area contributed by atoms with Crippen molar-refractivity contribution in [2.75, 3.05) is 13.2 Å². The lowest BCUT2D eigenvalue weighted by Gasteiger charge is -2.24. The molecule has 0 radical (unpaired) electrons. The van der Waals surface area contributed by atoms with Gasteiger partial charge in [0.05, 0.1) is 11.9 Å². The van der Waals surface area contributed by atoms with Gasteiger partial charge in [0.2, 0.25) is 0 Å². The number of morpholine rings is 1. The second kappa shape index (κ2) is 5.32. The fourth-order valence-electron chi connectivity index (χ4n) is 2.15. The van der Waals surface area contributed by atoms with Crippen LogP contribution in [0.5, 0.6) is 0 Å². The number of hydrogen-bond donors (Lipinski definition) is 0. The molecule has 0 aliphatic carbocycles. The molecular formula is C13H12ClN3O3S. The first-order chi connectivity index (χ1) is 9.97. The van der Waals surface area contributed by atoms with Gasteiger partial charge in [0.15, 0.2) is 5.82 Å². The van der Waals surface area contributed by atoms with Crippen LogP contribution in [0.2, 0.25) is 5.15 Å². The first-order valence-electron chi connectivity index (χ1n) is 6.30. The SMILES string of the molecule is Cc1sc2nc(CN3C(=O)COCC3=O)nc(Cl)c2c1C. The predicted octanol–water partition coefficient (Wildman–Crippen LogP) is 1.85. The summed E-state index contributed by atoms with van der Waals surface area (Å²) in [7, 11) is 0. The average Bonchev–Trinajstić information content (AvgIpc) is 2.70. The number of halogens is 1. The number of rotatable bonds is 2. The van der Waals surface area contributed by atoms with Crippen molar-refractivity contribution >= 4 is 45.0 Å². The van der Waals surface area contributed by atoms with Gasteiger partial charge < -0.3 is 4.74 Å². The zero-order valence-corrected chi connectivity index (χ0v) is 13.0. The monoisotopic (exact) mass is 325 g/mol. The number of hydrogen-bond acceptors (Lipinski definition) is 6. The van der Waals surface area contributed by atoms with Crippen LogP contribution in [0.3, 0.4) is 0 Å². The number of carbonyl (C=O) groups is 2. The normalized spacial score (nSPS) is 16.0. The van der Waals surface area contributed by atoms with E-state index in [-0.39, 0.29) is 31.6 Å². The van der Waals surface area contributed by atoms with Gasteiger partial charge >= 0.3 is 0 Å². The van der Waals surface area contributed by atoms with Crippen LogP contribution in [0.15, 0.2) is 0 Å². The van der Waals surface area contributed by atoms with Crippen LogP contribution < -0.4 is 0 Å². The van der Waals surface area contributed by atoms with Crippen LogP contribution in [0.25, 0.3) is 10.2 Å². The lowest BCUT2D eigenvalue weighted by molar-refractivity contribution is -0.159. The maximum Gasteiger partial charge on any atom is 0.255 e. The van der Waals surface area contributed by atoms with Crippen LogP contribution in [0, 0.1) is 13.8 Å². The molecule has 8 heteroatoms. The van der Waals surface area contributed by atoms with Gasteiger partial charge in [-0.05, 0) is 19.4 Å². The molecule has 1 aliphatic heterocycles. The second-order valence-corrected chi connectivity index (χ2v) is 6.32. The van der Waals surface area contributed by atoms with Crippen LogP contribution in [-0.4, -0.2) is 39.9 Å². The molecule has 0 bridgehead atoms. The molecule has 0 atom stereocenters. The van der Waals surface area contributed by atoms with Crippen molar-refractivity contribution in [3.05, 3.63) is 21.4 Å². The fourth-order valence-corrected chi connectivity index (χ4v) is 3.58. The number of carbonyl (C=O) groups excluding carboxylic acids is 2. The summed E-state index contributed by atoms with van der Waals surface area (Å²) in [5.41, 5.74) is 1.06. The molecular weight excluding hydrogens is 314 g/mol. The number of aromatic nitrogens is 2. The van der Waals surface area contributed by atoms with E-state index in [2.05, 4.69) is 9.97 Å². The topological polar surface area (TPSA) is 72.4 Å². The molecule has 1 fully saturated rings. The molecule has 0 aromatic carbocycles. The van der Waals surface area contributed by atoms with Crippen LogP contribution in [0.1, 0.15) is 16.3 Å². The standard InChI is InChI=1S/C13H12ClN3O3S/c1-6-7(2)21-13-11(6)12(14)15-8(16-13)3-17-9(18)4-20-5-10(17)19/h3-5H2,1-2H3. The Hall–Kier alpha value is -1.57. The van der Waals surface area contributed by atoms with Crippen LogP contribution in [-0.2, 0) is 20.9 Å². The zero-order valence-electron chi connectivity index (χ0n) is 11.5. The van der Waals surface area contributed by atoms with Gasteiger partial charge in [-0.1, -0.05) is 11.6 Å². The highest BCUT2D eigenvalue weighted by atomic mass is 35.5. The third-order valence-electron chi connectivity index (χ3n) is 3.38. The van der Waals surface area contributed by atoms with Crippen molar-refractivity contribution in [1.82, 2.24) is 14.9 Å². The van der Waals surface area contributed by atoms with Crippen molar-refractivity contribution in [2.24, 2.45) is 0 Å². The molecule has 3 heterocycles. The van der Waals surface area contributed by atoms with E-state index in [9.17, 15) is 9.59 Å². The van der Waals surface area contributed by atoms with Crippen molar-refractivity contribution < 1.29 is 14.3 Å². The minimum absolute atomic E-state index is 0.0205. The highest BCUT2D eigenvalue weighted by molar-refractivity contribution is 7.18. The fraction of sp³-hybridized carbons (Fsp3) is 0.385. The summed E-state index contributed by atoms with van der Waals surface area (Å²) in [6.45, 7) is 3.79. The molecule has 2 aromatic heterocycles. The van der Waals surface area contributed by atoms with E-state index in [0.717, 1.165) is 25.6 Å². The molecule has 2 aromatic rings. The summed E-state index contributed by atoms with van der Waals surface area (Å²) >= 11 is 7.74. The Morgan fingerprint density at radius 2 is 1.90 bits per heavy atom. The van der Waals surface area contributed by atoms with E-state index < -0.39 is 0 Å². The Balaban J connectivity index is 1.98. The molecule has 0 unspecified atom stereocenters. The number of ether oxygens (including phenoxy) is 1. The van der Waals surface area contributed by atoms with Crippen LogP contribution in [0.4, 0.5) is 0 Å². The van der Waals surface area contributed by atoms with Crippen LogP contribution >= 0.6 is 22.9 Å². The Labute approximate surface area is 129 Å². The minimum atomic E-state index is -0.385. The highest BCUT2D eigenvalue weighted by Gasteiger charge is 2.28. The third kappa shape index (κ3) is 2.52. The quantitative estimate of drug-likeness (QED) is 0.622. The van der Waals surface area contributed by atoms with Crippen molar-refractivity contribution in [3.8, 4) is 0 Å². The van der Waals surface area contributed by atoms with Gasteiger partial charge in [0, 0.05) is 4.88 Å². The van der Waals surface area contributed by atoms with Gasteiger partial charge in [-0.3, -0.25) is 14.5 Å². The summed E-state index contributed by atoms with van der Waals surface area (Å²) in [5, 5.41) is 1.19. The van der Waals surface area contributed by atoms with Gasteiger partial charge in [0.1, 0.15) is 23.2 Å². The molecule has 6 nitrogen and oxygen atoms in total. The first kappa shape index (κ1) is 14.4. The Bertz CT molecular complexity index is 743. The van der Waals surface area contributed by atoms with E-state index in [1.54, 1.807) is 0 Å². The molecule has 0 saturated carbocycles. The molecule has 21 heavy (non-hydrogen) atoms. The first-order valence-corrected chi connectivity index (χ1v) is 7.50. The van der Waals surface area contributed by atoms with Crippen molar-refractivity contribution in [2.45, 2.75) is 20.4 Å². The summed E-state index contributed by atoms with van der Waals surface area (Å²) in [6.07, 6.45) is 0. The second-order valence-electron chi connectivity index (χ2n) is 4.76. The summed E-state index contributed by atoms with van der Waals surface area (Å²) in [5.74, 6) is -0.411. The maximum atomic E-state index is 11.7. The highest BCUT2D eigenvalue weighted by Crippen LogP contribution is 2.33. The van der Waals surface area contributed by atoms with E-state index in [0.29, 0.717) is 11.0 Å². The largest absolute Gasteiger partial charge is 0.362 e. The molecule has 2 amide bonds. The Morgan fingerprint density at radius 1 is 1.24 bits per heavy atom. The Kier molecular flexibility index (Phi) is 3.64. The van der Waals surface area contributed by atoms with Gasteiger partial charge in [-0.25, -0.2) is 9.97 Å². The number of thiophene rings is 1. The predicted molar refractivity (Wildman–Crippen MR) is 78.3 cm³/mol. The van der Waals surface area contributed by atoms with E-state index in [1.165, 1.54) is 11.3 Å². The molecule has 3 rings (SSSR count). The van der Waals surface area contributed by atoms with E-state index in [4.69, 9.17) is 16.3 Å². The van der Waals surface area contributed by atoms with Crippen molar-refractivity contribution in [1.29, 1.82) is 0 Å².